The van der Waals surface area contributed by atoms with Gasteiger partial charge in [-0.3, -0.25) is 0 Å². The quantitative estimate of drug-likeness (QED) is 0.915. The molecule has 0 atom stereocenters. The number of rotatable bonds is 3. The van der Waals surface area contributed by atoms with Crippen LogP contribution in [0.1, 0.15) is 0 Å². The minimum atomic E-state index is 0. The van der Waals surface area contributed by atoms with Gasteiger partial charge in [-0.15, -0.1) is 12.4 Å². The minimum Gasteiger partial charge on any atom is -0.487 e. The normalized spacial score (nSPS) is 14.4. The molecule has 0 spiro atoms. The van der Waals surface area contributed by atoms with E-state index in [9.17, 15) is 0 Å². The van der Waals surface area contributed by atoms with Crippen LogP contribution in [0.5, 0.6) is 5.75 Å². The molecule has 0 aliphatic carbocycles. The summed E-state index contributed by atoms with van der Waals surface area (Å²) in [5, 5.41) is 3.22. The molecule has 4 heteroatoms. The second kappa shape index (κ2) is 6.42. The molecule has 2 aromatic rings. The number of nitrogens with one attached hydrogen (secondary N) is 1. The molecule has 0 aromatic heterocycles. The van der Waals surface area contributed by atoms with Crippen LogP contribution in [0.4, 0.5) is 0 Å². The summed E-state index contributed by atoms with van der Waals surface area (Å²) in [6.07, 6.45) is 0.300. The fourth-order valence-corrected chi connectivity index (χ4v) is 2.33. The van der Waals surface area contributed by atoms with Crippen molar-refractivity contribution < 1.29 is 4.74 Å². The van der Waals surface area contributed by atoms with E-state index in [0.717, 1.165) is 28.9 Å². The molecule has 1 aliphatic rings. The van der Waals surface area contributed by atoms with Crippen LogP contribution in [-0.4, -0.2) is 19.2 Å². The number of ether oxygens (including phenoxy) is 1. The van der Waals surface area contributed by atoms with Crippen LogP contribution in [0.2, 0.25) is 0 Å². The summed E-state index contributed by atoms with van der Waals surface area (Å²) in [6, 6.07) is 16.5. The van der Waals surface area contributed by atoms with Gasteiger partial charge in [0.25, 0.3) is 0 Å². The zero-order valence-corrected chi connectivity index (χ0v) is 12.7. The van der Waals surface area contributed by atoms with E-state index in [-0.39, 0.29) is 12.4 Å². The maximum atomic E-state index is 6.01. The van der Waals surface area contributed by atoms with E-state index in [4.69, 9.17) is 4.74 Å². The Kier molecular flexibility index (Phi) is 4.86. The van der Waals surface area contributed by atoms with Gasteiger partial charge in [-0.05, 0) is 23.8 Å². The number of hydrogen-bond acceptors (Lipinski definition) is 2. The molecule has 0 saturated carbocycles. The molecule has 0 bridgehead atoms. The monoisotopic (exact) mass is 339 g/mol. The van der Waals surface area contributed by atoms with E-state index in [0.29, 0.717) is 6.10 Å². The molecule has 19 heavy (non-hydrogen) atoms. The SMILES string of the molecule is Brc1ccc(OC2CNC2)c(-c2ccccc2)c1.Cl. The lowest BCUT2D eigenvalue weighted by molar-refractivity contribution is 0.143. The van der Waals surface area contributed by atoms with Gasteiger partial charge in [0.15, 0.2) is 0 Å². The summed E-state index contributed by atoms with van der Waals surface area (Å²) in [6.45, 7) is 1.87. The standard InChI is InChI=1S/C15H14BrNO.ClH/c16-12-6-7-15(18-13-9-17-10-13)14(8-12)11-4-2-1-3-5-11;/h1-8,13,17H,9-10H2;1H. The average molecular weight is 341 g/mol. The molecule has 0 radical (unpaired) electrons. The Morgan fingerprint density at radius 1 is 1.05 bits per heavy atom. The average Bonchev–Trinajstić information content (AvgIpc) is 2.36. The molecule has 3 rings (SSSR count). The van der Waals surface area contributed by atoms with Gasteiger partial charge in [0.2, 0.25) is 0 Å². The molecular formula is C15H15BrClNO. The molecule has 2 nitrogen and oxygen atoms in total. The highest BCUT2D eigenvalue weighted by atomic mass is 79.9. The highest BCUT2D eigenvalue weighted by Crippen LogP contribution is 2.33. The van der Waals surface area contributed by atoms with E-state index in [2.05, 4.69) is 39.4 Å². The van der Waals surface area contributed by atoms with Gasteiger partial charge in [-0.2, -0.15) is 0 Å². The first-order valence-corrected chi connectivity index (χ1v) is 6.84. The summed E-state index contributed by atoms with van der Waals surface area (Å²) < 4.78 is 7.08. The third kappa shape index (κ3) is 3.30. The van der Waals surface area contributed by atoms with Crippen LogP contribution in [0.15, 0.2) is 53.0 Å². The Morgan fingerprint density at radius 2 is 1.79 bits per heavy atom. The largest absolute Gasteiger partial charge is 0.487 e. The van der Waals surface area contributed by atoms with Gasteiger partial charge in [-0.25, -0.2) is 0 Å². The summed E-state index contributed by atoms with van der Waals surface area (Å²) in [7, 11) is 0. The Morgan fingerprint density at radius 3 is 2.42 bits per heavy atom. The molecule has 1 fully saturated rings. The first-order valence-electron chi connectivity index (χ1n) is 6.05. The van der Waals surface area contributed by atoms with E-state index in [1.54, 1.807) is 0 Å². The molecule has 0 amide bonds. The smallest absolute Gasteiger partial charge is 0.127 e. The van der Waals surface area contributed by atoms with Crippen molar-refractivity contribution in [1.29, 1.82) is 0 Å². The van der Waals surface area contributed by atoms with Crippen LogP contribution in [0.3, 0.4) is 0 Å². The van der Waals surface area contributed by atoms with Crippen molar-refractivity contribution in [2.45, 2.75) is 6.10 Å². The fourth-order valence-electron chi connectivity index (χ4n) is 1.97. The summed E-state index contributed by atoms with van der Waals surface area (Å²) in [5.74, 6) is 0.955. The lowest BCUT2D eigenvalue weighted by Gasteiger charge is -2.28. The van der Waals surface area contributed by atoms with E-state index >= 15 is 0 Å². The van der Waals surface area contributed by atoms with Crippen LogP contribution in [0.25, 0.3) is 11.1 Å². The molecule has 2 aromatic carbocycles. The van der Waals surface area contributed by atoms with Crippen LogP contribution in [-0.2, 0) is 0 Å². The van der Waals surface area contributed by atoms with Crippen LogP contribution in [0, 0.1) is 0 Å². The van der Waals surface area contributed by atoms with E-state index < -0.39 is 0 Å². The Labute approximate surface area is 127 Å². The number of halogens is 2. The third-order valence-corrected chi connectivity index (χ3v) is 3.56. The Balaban J connectivity index is 0.00000133. The van der Waals surface area contributed by atoms with Crippen molar-refractivity contribution in [3.05, 3.63) is 53.0 Å². The van der Waals surface area contributed by atoms with Crippen molar-refractivity contribution >= 4 is 28.3 Å². The van der Waals surface area contributed by atoms with Crippen molar-refractivity contribution in [2.24, 2.45) is 0 Å². The molecule has 1 heterocycles. The van der Waals surface area contributed by atoms with Crippen LogP contribution >= 0.6 is 28.3 Å². The predicted molar refractivity (Wildman–Crippen MR) is 84.1 cm³/mol. The zero-order valence-electron chi connectivity index (χ0n) is 10.3. The second-order valence-corrected chi connectivity index (χ2v) is 5.32. The zero-order chi connectivity index (χ0) is 12.4. The lowest BCUT2D eigenvalue weighted by Crippen LogP contribution is -2.50. The van der Waals surface area contributed by atoms with Gasteiger partial charge in [0, 0.05) is 23.1 Å². The summed E-state index contributed by atoms with van der Waals surface area (Å²) in [4.78, 5) is 0. The summed E-state index contributed by atoms with van der Waals surface area (Å²) >= 11 is 3.52. The molecule has 0 unspecified atom stereocenters. The van der Waals surface area contributed by atoms with E-state index in [1.807, 2.05) is 30.3 Å². The first kappa shape index (κ1) is 14.4. The minimum absolute atomic E-state index is 0. The number of benzene rings is 2. The third-order valence-electron chi connectivity index (χ3n) is 3.06. The Bertz CT molecular complexity index is 543. The Hall–Kier alpha value is -1.03. The van der Waals surface area contributed by atoms with Gasteiger partial charge in [-0.1, -0.05) is 46.3 Å². The first-order chi connectivity index (χ1) is 8.83. The van der Waals surface area contributed by atoms with Crippen molar-refractivity contribution in [3.63, 3.8) is 0 Å². The van der Waals surface area contributed by atoms with Crippen molar-refractivity contribution in [2.75, 3.05) is 13.1 Å². The highest BCUT2D eigenvalue weighted by Gasteiger charge is 2.20. The highest BCUT2D eigenvalue weighted by molar-refractivity contribution is 9.10. The van der Waals surface area contributed by atoms with Gasteiger partial charge in [0.1, 0.15) is 11.9 Å². The fraction of sp³-hybridized carbons (Fsp3) is 0.200. The molecule has 100 valence electrons. The predicted octanol–water partition coefficient (Wildman–Crippen LogP) is 3.89. The molecular weight excluding hydrogens is 326 g/mol. The summed E-state index contributed by atoms with van der Waals surface area (Å²) in [5.41, 5.74) is 2.32. The van der Waals surface area contributed by atoms with Gasteiger partial charge in [0.05, 0.1) is 0 Å². The molecule has 1 aliphatic heterocycles. The topological polar surface area (TPSA) is 21.3 Å². The van der Waals surface area contributed by atoms with E-state index in [1.165, 1.54) is 5.56 Å². The van der Waals surface area contributed by atoms with Crippen LogP contribution < -0.4 is 10.1 Å². The lowest BCUT2D eigenvalue weighted by atomic mass is 10.0. The maximum Gasteiger partial charge on any atom is 0.127 e. The second-order valence-electron chi connectivity index (χ2n) is 4.40. The number of hydrogen-bond donors (Lipinski definition) is 1. The maximum absolute atomic E-state index is 6.01. The van der Waals surface area contributed by atoms with Crippen molar-refractivity contribution in [3.8, 4) is 16.9 Å². The van der Waals surface area contributed by atoms with Gasteiger partial charge >= 0.3 is 0 Å². The van der Waals surface area contributed by atoms with Crippen molar-refractivity contribution in [1.82, 2.24) is 5.32 Å². The molecule has 1 saturated heterocycles. The molecule has 1 N–H and O–H groups in total. The van der Waals surface area contributed by atoms with Gasteiger partial charge < -0.3 is 10.1 Å².